The summed E-state index contributed by atoms with van der Waals surface area (Å²) >= 11 is 0. The maximum atomic E-state index is 3.15. The lowest BCUT2D eigenvalue weighted by Gasteiger charge is -2.61. The zero-order chi connectivity index (χ0) is 98.7. The third-order valence-corrected chi connectivity index (χ3v) is 67.1. The maximum Gasteiger partial charge on any atom is 0.133 e. The second kappa shape index (κ2) is 35.7. The van der Waals surface area contributed by atoms with Gasteiger partial charge in [0.15, 0.2) is 0 Å². The molecule has 4 aromatic carbocycles. The Bertz CT molecular complexity index is 5280. The number of rotatable bonds is 8. The monoisotopic (exact) mass is 1900 g/mol. The van der Waals surface area contributed by atoms with Crippen LogP contribution in [0.1, 0.15) is 396 Å². The fraction of sp³-hybridized carbons (Fsp3) is 0.688. The highest BCUT2D eigenvalue weighted by molar-refractivity contribution is 6.81. The van der Waals surface area contributed by atoms with E-state index in [-0.39, 0.29) is 66.0 Å². The van der Waals surface area contributed by atoms with Crippen LogP contribution in [-0.2, 0) is 21.7 Å². The van der Waals surface area contributed by atoms with Crippen molar-refractivity contribution in [3.8, 4) is 0 Å². The zero-order valence-corrected chi connectivity index (χ0v) is 97.9. The van der Waals surface area contributed by atoms with Crippen LogP contribution in [0.3, 0.4) is 0 Å². The Labute approximate surface area is 839 Å². The Morgan fingerprint density at radius 1 is 0.243 bits per heavy atom. The fourth-order valence-corrected chi connectivity index (χ4v) is 70.8. The second-order valence-electron chi connectivity index (χ2n) is 58.5. The molecule has 16 aliphatic rings. The van der Waals surface area contributed by atoms with Gasteiger partial charge in [0, 0.05) is 66.0 Å². The van der Waals surface area contributed by atoms with Crippen molar-refractivity contribution >= 4 is 55.2 Å². The van der Waals surface area contributed by atoms with Gasteiger partial charge in [0.1, 0.15) is 32.9 Å². The maximum absolute atomic E-state index is 3.15. The molecule has 4 nitrogen and oxygen atoms in total. The summed E-state index contributed by atoms with van der Waals surface area (Å²) in [6.07, 6.45) is 45.3. The average molecular weight is 1900 g/mol. The number of hydrogen-bond acceptors (Lipinski definition) is 4. The van der Waals surface area contributed by atoms with E-state index in [0.29, 0.717) is 29.6 Å². The largest absolute Gasteiger partial charge is 0.314 e. The minimum absolute atomic E-state index is 0.122. The van der Waals surface area contributed by atoms with E-state index in [9.17, 15) is 0 Å². The molecule has 4 heterocycles. The van der Waals surface area contributed by atoms with E-state index < -0.39 is 32.9 Å². The third-order valence-electron chi connectivity index (χ3n) is 40.0. The van der Waals surface area contributed by atoms with Crippen molar-refractivity contribution in [2.45, 2.75) is 488 Å². The SMILES string of the molecule is CC1(C)C2=CC3CCC([Si]4(N(C(C)(C)C)C(C)(C)C)CCCCC4)C3C=C2c2ccccc21.CC1C(C)C([Si]2(N(C(C)(C)C)C(C)(C)C)CCCCC2)C2C=C3C(=CC12)C(C)(C)c1ccccc13.CC1CC([Si]2(N(C(C)(C)C)C(C)(C)C)CCCCC2)C2C=C3C(=CC12)C(C)(C)c1ccccc13.CC1CC2C=C3C(=CC2C1[Si]1(N(C(C)(C)C)C(C)(C)C)CCCCC1)c1ccccc1C3(C)C. The summed E-state index contributed by atoms with van der Waals surface area (Å²) in [5.74, 6) is 8.87. The summed E-state index contributed by atoms with van der Waals surface area (Å²) < 4.78 is 12.5. The third kappa shape index (κ3) is 17.2. The molecule has 4 saturated carbocycles. The number of hydrogen-bond donors (Lipinski definition) is 0. The first-order chi connectivity index (χ1) is 63.1. The van der Waals surface area contributed by atoms with Crippen molar-refractivity contribution < 1.29 is 0 Å². The molecule has 8 heteroatoms. The van der Waals surface area contributed by atoms with E-state index in [1.165, 1.54) is 196 Å². The first-order valence-corrected chi connectivity index (χ1v) is 66.3. The standard InChI is InChI=1S/C33H51NSi.2C32H49NSi.C31H47NSi/c1-22-23(2)30(35(18-14-11-15-19-35)34(31(3,4)5)32(6,7)8)27-20-26-24-16-12-13-17-28(24)33(9,10)29(26)21-25(22)27;1-22-19-23-20-28-26(24-15-11-12-16-27(24)32(28,8)9)21-25(23)29(22)34(17-13-10-14-18-34)33(30(2,3)4)31(5,6)7;1-22-19-29(34(17-13-10-14-18-34)33(30(2,3)4)31(5,6)7)26-20-25-23-15-11-12-16-27(23)32(8,9)28(25)21-24(22)26;1-29(2,3)32(30(4,5)6)33(18-12-9-13-19-33)28-17-16-22-20-27-25(21-24(22)28)23-14-10-11-15-26(23)31(27,7)8/h12-13,16-17,20-23,25,27,30H,11,14-15,18-19H2,1-10H3;11-12,15-16,20-23,25,29H,10,13-14,17-19H2,1-9H3;11-12,15-16,20-22,24,26,29H,10,13-14,17-19H2,1-9H3;10-11,14-15,20-22,24,28H,9,12-13,16-19H2,1-8H3. The van der Waals surface area contributed by atoms with E-state index in [2.05, 4.69) is 413 Å². The Hall–Kier alpha value is -4.49. The quantitative estimate of drug-likeness (QED) is 0.163. The molecule has 0 N–H and O–H groups in total. The summed E-state index contributed by atoms with van der Waals surface area (Å²) in [7, 11) is -6.89. The van der Waals surface area contributed by atoms with Crippen LogP contribution < -0.4 is 0 Å². The number of benzene rings is 4. The lowest BCUT2D eigenvalue weighted by Crippen LogP contribution is -2.70. The van der Waals surface area contributed by atoms with Crippen molar-refractivity contribution in [1.29, 1.82) is 0 Å². The van der Waals surface area contributed by atoms with Crippen LogP contribution in [-0.4, -0.2) is 95.5 Å². The molecule has 12 aliphatic carbocycles. The van der Waals surface area contributed by atoms with Gasteiger partial charge in [-0.3, -0.25) is 0 Å². The lowest BCUT2D eigenvalue weighted by atomic mass is 9.75. The fourth-order valence-electron chi connectivity index (χ4n) is 38.2. The molecule has 0 aromatic heterocycles. The van der Waals surface area contributed by atoms with Gasteiger partial charge >= 0.3 is 0 Å². The van der Waals surface area contributed by atoms with Gasteiger partial charge in [-0.25, -0.2) is 0 Å². The van der Waals surface area contributed by atoms with Gasteiger partial charge in [-0.2, -0.15) is 0 Å². The smallest absolute Gasteiger partial charge is 0.133 e. The molecule has 16 unspecified atom stereocenters. The van der Waals surface area contributed by atoms with Gasteiger partial charge in [0.05, 0.1) is 0 Å². The highest BCUT2D eigenvalue weighted by atomic mass is 28.3. The van der Waals surface area contributed by atoms with Crippen molar-refractivity contribution in [2.24, 2.45) is 71.0 Å². The van der Waals surface area contributed by atoms with Gasteiger partial charge in [0.25, 0.3) is 0 Å². The Kier molecular flexibility index (Phi) is 27.0. The van der Waals surface area contributed by atoms with Crippen LogP contribution >= 0.6 is 0 Å². The van der Waals surface area contributed by atoms with Gasteiger partial charge in [-0.15, -0.1) is 0 Å². The summed E-state index contributed by atoms with van der Waals surface area (Å²) in [6, 6.07) is 49.0. The van der Waals surface area contributed by atoms with Crippen LogP contribution in [0.4, 0.5) is 0 Å². The van der Waals surface area contributed by atoms with E-state index in [1.807, 2.05) is 0 Å². The molecule has 0 amide bonds. The summed E-state index contributed by atoms with van der Waals surface area (Å²) in [6.45, 7) is 90.2. The second-order valence-corrected chi connectivity index (χ2v) is 75.9. The normalized spacial score (nSPS) is 32.1. The molecule has 20 rings (SSSR count). The summed E-state index contributed by atoms with van der Waals surface area (Å²) in [4.78, 5) is 0. The Morgan fingerprint density at radius 2 is 0.522 bits per heavy atom. The predicted molar refractivity (Wildman–Crippen MR) is 602 cm³/mol. The number of allylic oxidation sites excluding steroid dienone is 16. The van der Waals surface area contributed by atoms with Crippen LogP contribution in [0, 0.1) is 71.0 Å². The van der Waals surface area contributed by atoms with Crippen molar-refractivity contribution in [3.05, 3.63) is 212 Å². The molecular weight excluding hydrogens is 1710 g/mol. The van der Waals surface area contributed by atoms with Crippen LogP contribution in [0.25, 0.3) is 22.3 Å². The van der Waals surface area contributed by atoms with Gasteiger partial charge < -0.3 is 18.3 Å². The molecule has 4 aromatic rings. The van der Waals surface area contributed by atoms with Crippen molar-refractivity contribution in [1.82, 2.24) is 18.3 Å². The molecule has 0 bridgehead atoms. The predicted octanol–water partition coefficient (Wildman–Crippen LogP) is 35.9. The van der Waals surface area contributed by atoms with E-state index >= 15 is 0 Å². The number of fused-ring (bicyclic) bond motifs is 16. The topological polar surface area (TPSA) is 13.0 Å². The summed E-state index contributed by atoms with van der Waals surface area (Å²) in [5.41, 5.74) is 30.7. The molecular formula is C128H196N4Si4. The van der Waals surface area contributed by atoms with E-state index in [1.54, 1.807) is 44.6 Å². The highest BCUT2D eigenvalue weighted by Crippen LogP contribution is 2.71. The molecule has 4 saturated heterocycles. The molecule has 136 heavy (non-hydrogen) atoms. The molecule has 0 spiro atoms. The van der Waals surface area contributed by atoms with Crippen LogP contribution in [0.2, 0.25) is 70.5 Å². The van der Waals surface area contributed by atoms with Crippen molar-refractivity contribution in [3.63, 3.8) is 0 Å². The summed E-state index contributed by atoms with van der Waals surface area (Å²) in [5, 5.41) is 0. The average Bonchev–Trinajstić information content (AvgIpc) is 1.54. The minimum atomic E-state index is -1.77. The van der Waals surface area contributed by atoms with E-state index in [0.717, 1.165) is 63.6 Å². The lowest BCUT2D eigenvalue weighted by molar-refractivity contribution is 0.114. The van der Waals surface area contributed by atoms with Crippen LogP contribution in [0.5, 0.6) is 0 Å². The molecule has 4 aliphatic heterocycles. The molecule has 0 radical (unpaired) electrons. The highest BCUT2D eigenvalue weighted by Gasteiger charge is 2.67. The number of nitrogens with zero attached hydrogens (tertiary/aromatic N) is 4. The van der Waals surface area contributed by atoms with Crippen LogP contribution in [0.15, 0.2) is 168 Å². The van der Waals surface area contributed by atoms with E-state index in [4.69, 9.17) is 0 Å². The van der Waals surface area contributed by atoms with Crippen molar-refractivity contribution in [2.75, 3.05) is 0 Å². The van der Waals surface area contributed by atoms with Gasteiger partial charge in [0.2, 0.25) is 0 Å². The Balaban J connectivity index is 0.000000126. The first kappa shape index (κ1) is 103. The van der Waals surface area contributed by atoms with Gasteiger partial charge in [-0.05, 0) is 416 Å². The first-order valence-electron chi connectivity index (χ1n) is 56.5. The molecule has 8 fully saturated rings. The molecule has 744 valence electrons. The van der Waals surface area contributed by atoms with Gasteiger partial charge in [-0.1, -0.05) is 312 Å². The molecule has 16 atom stereocenters. The Morgan fingerprint density at radius 3 is 0.875 bits per heavy atom. The zero-order valence-electron chi connectivity index (χ0n) is 93.9. The minimum Gasteiger partial charge on any atom is -0.314 e.